The minimum Gasteiger partial charge on any atom is -0.378 e. The van der Waals surface area contributed by atoms with Gasteiger partial charge in [-0.05, 0) is 30.4 Å². The van der Waals surface area contributed by atoms with Crippen LogP contribution < -0.4 is 5.32 Å². The maximum atomic E-state index is 12.1. The molecule has 1 saturated heterocycles. The lowest BCUT2D eigenvalue weighted by Gasteiger charge is -2.20. The molecule has 0 amide bonds. The molecule has 4 nitrogen and oxygen atoms in total. The van der Waals surface area contributed by atoms with E-state index in [-0.39, 0.29) is 11.8 Å². The summed E-state index contributed by atoms with van der Waals surface area (Å²) in [5.41, 5.74) is 0.916. The van der Waals surface area contributed by atoms with Crippen LogP contribution in [0.2, 0.25) is 0 Å². The summed E-state index contributed by atoms with van der Waals surface area (Å²) < 4.78 is 29.9. The lowest BCUT2D eigenvalue weighted by molar-refractivity contribution is 0.0868. The first-order chi connectivity index (χ1) is 9.62. The van der Waals surface area contributed by atoms with E-state index in [0.717, 1.165) is 31.6 Å². The Morgan fingerprint density at radius 2 is 2.15 bits per heavy atom. The van der Waals surface area contributed by atoms with Gasteiger partial charge in [0.25, 0.3) is 0 Å². The number of ether oxygens (including phenoxy) is 1. The van der Waals surface area contributed by atoms with Gasteiger partial charge in [0.2, 0.25) is 0 Å². The van der Waals surface area contributed by atoms with Crippen molar-refractivity contribution in [2.45, 2.75) is 36.8 Å². The molecule has 0 aromatic heterocycles. The Morgan fingerprint density at radius 1 is 1.35 bits per heavy atom. The highest BCUT2D eigenvalue weighted by molar-refractivity contribution is 7.91. The van der Waals surface area contributed by atoms with Crippen molar-refractivity contribution in [3.63, 3.8) is 0 Å². The van der Waals surface area contributed by atoms with E-state index in [1.807, 2.05) is 12.1 Å². The minimum atomic E-state index is -3.11. The van der Waals surface area contributed by atoms with E-state index < -0.39 is 9.84 Å². The van der Waals surface area contributed by atoms with Crippen LogP contribution in [0, 0.1) is 5.92 Å². The van der Waals surface area contributed by atoms with Gasteiger partial charge in [-0.2, -0.15) is 0 Å². The van der Waals surface area contributed by atoms with Crippen LogP contribution in [-0.2, 0) is 14.6 Å². The Bertz CT molecular complexity index is 585. The predicted octanol–water partition coefficient (Wildman–Crippen LogP) is 1.92. The number of hydrogen-bond acceptors (Lipinski definition) is 4. The first kappa shape index (κ1) is 14.0. The Kier molecular flexibility index (Phi) is 3.84. The van der Waals surface area contributed by atoms with Crippen molar-refractivity contribution >= 4 is 9.84 Å². The number of fused-ring (bicyclic) bond motifs is 1. The SMILES string of the molecule is CCC1OCCC1CNC1CS(=O)(=O)c2ccccc21. The summed E-state index contributed by atoms with van der Waals surface area (Å²) in [7, 11) is -3.11. The monoisotopic (exact) mass is 295 g/mol. The summed E-state index contributed by atoms with van der Waals surface area (Å²) in [5.74, 6) is 0.673. The van der Waals surface area contributed by atoms with Crippen molar-refractivity contribution in [1.29, 1.82) is 0 Å². The van der Waals surface area contributed by atoms with E-state index in [0.29, 0.717) is 16.9 Å². The summed E-state index contributed by atoms with van der Waals surface area (Å²) >= 11 is 0. The average molecular weight is 295 g/mol. The molecule has 110 valence electrons. The van der Waals surface area contributed by atoms with Crippen molar-refractivity contribution < 1.29 is 13.2 Å². The first-order valence-corrected chi connectivity index (χ1v) is 8.93. The maximum Gasteiger partial charge on any atom is 0.180 e. The van der Waals surface area contributed by atoms with Gasteiger partial charge in [0, 0.05) is 19.2 Å². The second kappa shape index (κ2) is 5.47. The number of rotatable bonds is 4. The molecule has 3 unspecified atom stereocenters. The van der Waals surface area contributed by atoms with Crippen molar-refractivity contribution in [2.24, 2.45) is 5.92 Å². The zero-order valence-corrected chi connectivity index (χ0v) is 12.5. The van der Waals surface area contributed by atoms with E-state index in [1.165, 1.54) is 0 Å². The fourth-order valence-electron chi connectivity index (χ4n) is 3.29. The second-order valence-electron chi connectivity index (χ2n) is 5.65. The molecule has 1 aromatic carbocycles. The number of sulfone groups is 1. The molecule has 2 heterocycles. The molecule has 0 aliphatic carbocycles. The summed E-state index contributed by atoms with van der Waals surface area (Å²) in [6.07, 6.45) is 2.40. The van der Waals surface area contributed by atoms with Crippen LogP contribution in [0.1, 0.15) is 31.4 Å². The number of nitrogens with one attached hydrogen (secondary N) is 1. The van der Waals surface area contributed by atoms with Crippen LogP contribution in [0.4, 0.5) is 0 Å². The van der Waals surface area contributed by atoms with Gasteiger partial charge in [-0.1, -0.05) is 25.1 Å². The number of benzene rings is 1. The van der Waals surface area contributed by atoms with Crippen LogP contribution in [0.25, 0.3) is 0 Å². The van der Waals surface area contributed by atoms with Crippen molar-refractivity contribution in [3.05, 3.63) is 29.8 Å². The highest BCUT2D eigenvalue weighted by Gasteiger charge is 2.35. The lowest BCUT2D eigenvalue weighted by atomic mass is 9.99. The van der Waals surface area contributed by atoms with Gasteiger partial charge < -0.3 is 10.1 Å². The topological polar surface area (TPSA) is 55.4 Å². The molecule has 1 fully saturated rings. The van der Waals surface area contributed by atoms with Gasteiger partial charge >= 0.3 is 0 Å². The van der Waals surface area contributed by atoms with Crippen molar-refractivity contribution in [1.82, 2.24) is 5.32 Å². The zero-order chi connectivity index (χ0) is 14.2. The highest BCUT2D eigenvalue weighted by atomic mass is 32.2. The van der Waals surface area contributed by atoms with Gasteiger partial charge in [-0.3, -0.25) is 0 Å². The second-order valence-corrected chi connectivity index (χ2v) is 7.65. The molecule has 3 atom stereocenters. The molecule has 5 heteroatoms. The largest absolute Gasteiger partial charge is 0.378 e. The lowest BCUT2D eigenvalue weighted by Crippen LogP contribution is -2.32. The summed E-state index contributed by atoms with van der Waals surface area (Å²) in [6.45, 7) is 3.79. The molecule has 20 heavy (non-hydrogen) atoms. The standard InChI is InChI=1S/C15H21NO3S/c1-2-14-11(7-8-19-14)9-16-13-10-20(17,18)15-6-4-3-5-12(13)15/h3-6,11,13-14,16H,2,7-10H2,1H3. The molecule has 1 aromatic rings. The van der Waals surface area contributed by atoms with Gasteiger partial charge in [0.15, 0.2) is 9.84 Å². The van der Waals surface area contributed by atoms with Gasteiger partial charge in [0.1, 0.15) is 0 Å². The van der Waals surface area contributed by atoms with Crippen molar-refractivity contribution in [3.8, 4) is 0 Å². The predicted molar refractivity (Wildman–Crippen MR) is 77.4 cm³/mol. The zero-order valence-electron chi connectivity index (χ0n) is 11.7. The summed E-state index contributed by atoms with van der Waals surface area (Å²) in [5, 5.41) is 3.44. The Morgan fingerprint density at radius 3 is 2.95 bits per heavy atom. The Hall–Kier alpha value is -0.910. The van der Waals surface area contributed by atoms with Crippen LogP contribution in [0.5, 0.6) is 0 Å². The summed E-state index contributed by atoms with van der Waals surface area (Å²) in [6, 6.07) is 7.24. The fraction of sp³-hybridized carbons (Fsp3) is 0.600. The van der Waals surface area contributed by atoms with Crippen LogP contribution >= 0.6 is 0 Å². The van der Waals surface area contributed by atoms with E-state index in [4.69, 9.17) is 4.74 Å². The van der Waals surface area contributed by atoms with Gasteiger partial charge in [-0.15, -0.1) is 0 Å². The van der Waals surface area contributed by atoms with Crippen LogP contribution in [0.3, 0.4) is 0 Å². The molecule has 0 bridgehead atoms. The quantitative estimate of drug-likeness (QED) is 0.922. The van der Waals surface area contributed by atoms with E-state index in [1.54, 1.807) is 12.1 Å². The van der Waals surface area contributed by atoms with E-state index in [9.17, 15) is 8.42 Å². The molecule has 0 radical (unpaired) electrons. The molecule has 0 saturated carbocycles. The smallest absolute Gasteiger partial charge is 0.180 e. The Labute approximate surface area is 120 Å². The normalized spacial score (nSPS) is 31.4. The third kappa shape index (κ3) is 2.50. The average Bonchev–Trinajstić information content (AvgIpc) is 3.00. The fourth-order valence-corrected chi connectivity index (χ4v) is 5.06. The number of hydrogen-bond donors (Lipinski definition) is 1. The third-order valence-corrected chi connectivity index (χ3v) is 6.20. The van der Waals surface area contributed by atoms with Crippen molar-refractivity contribution in [2.75, 3.05) is 18.9 Å². The molecule has 2 aliphatic heterocycles. The first-order valence-electron chi connectivity index (χ1n) is 7.28. The van der Waals surface area contributed by atoms with Crippen LogP contribution in [-0.4, -0.2) is 33.4 Å². The molecule has 0 spiro atoms. The minimum absolute atomic E-state index is 0.0747. The van der Waals surface area contributed by atoms with E-state index >= 15 is 0 Å². The molecular weight excluding hydrogens is 274 g/mol. The summed E-state index contributed by atoms with van der Waals surface area (Å²) in [4.78, 5) is 0.493. The highest BCUT2D eigenvalue weighted by Crippen LogP contribution is 2.33. The maximum absolute atomic E-state index is 12.1. The third-order valence-electron chi connectivity index (χ3n) is 4.39. The Balaban J connectivity index is 1.71. The molecular formula is C15H21NO3S. The molecule has 2 aliphatic rings. The van der Waals surface area contributed by atoms with Gasteiger partial charge in [-0.25, -0.2) is 8.42 Å². The molecule has 1 N–H and O–H groups in total. The van der Waals surface area contributed by atoms with Gasteiger partial charge in [0.05, 0.1) is 16.8 Å². The molecule has 3 rings (SSSR count). The van der Waals surface area contributed by atoms with Crippen LogP contribution in [0.15, 0.2) is 29.2 Å². The van der Waals surface area contributed by atoms with E-state index in [2.05, 4.69) is 12.2 Å².